The fraction of sp³-hybridized carbons (Fsp3) is 0.636. The number of nitrogens with zero attached hydrogens (tertiary/aromatic N) is 2. The quantitative estimate of drug-likeness (QED) is 0.834. The molecule has 6 heteroatoms. The Kier molecular flexibility index (Phi) is 3.75. The van der Waals surface area contributed by atoms with Gasteiger partial charge in [-0.25, -0.2) is 4.79 Å². The normalized spacial score (nSPS) is 23.9. The molecule has 94 valence electrons. The van der Waals surface area contributed by atoms with Crippen LogP contribution >= 0.6 is 0 Å². The van der Waals surface area contributed by atoms with Crippen LogP contribution in [0, 0.1) is 0 Å². The summed E-state index contributed by atoms with van der Waals surface area (Å²) >= 11 is 0. The second-order valence-electron chi connectivity index (χ2n) is 4.00. The first-order chi connectivity index (χ1) is 8.24. The molecule has 2 atom stereocenters. The van der Waals surface area contributed by atoms with Gasteiger partial charge in [-0.3, -0.25) is 4.57 Å². The summed E-state index contributed by atoms with van der Waals surface area (Å²) in [5.74, 6) is 0.567. The van der Waals surface area contributed by atoms with E-state index in [1.54, 1.807) is 26.4 Å². The molecule has 0 radical (unpaired) electrons. The van der Waals surface area contributed by atoms with Crippen molar-refractivity contribution in [1.29, 1.82) is 0 Å². The van der Waals surface area contributed by atoms with Crippen molar-refractivity contribution in [3.63, 3.8) is 0 Å². The summed E-state index contributed by atoms with van der Waals surface area (Å²) in [6, 6.07) is 1.76. The second-order valence-corrected chi connectivity index (χ2v) is 4.00. The Morgan fingerprint density at radius 3 is 3.12 bits per heavy atom. The number of hydrogen-bond donors (Lipinski definition) is 1. The zero-order chi connectivity index (χ0) is 12.3. The van der Waals surface area contributed by atoms with E-state index in [-0.39, 0.29) is 18.0 Å². The lowest BCUT2D eigenvalue weighted by Gasteiger charge is -2.15. The van der Waals surface area contributed by atoms with Crippen molar-refractivity contribution in [2.45, 2.75) is 25.2 Å². The molecule has 0 aliphatic carbocycles. The molecule has 17 heavy (non-hydrogen) atoms. The molecule has 0 amide bonds. The molecule has 2 heterocycles. The summed E-state index contributed by atoms with van der Waals surface area (Å²) in [6.45, 7) is 0.563. The predicted octanol–water partition coefficient (Wildman–Crippen LogP) is 0.609. The summed E-state index contributed by atoms with van der Waals surface area (Å²) in [5.41, 5.74) is -0.292. The standard InChI is InChI=1S/C11H17N3O3/c1-12-9-5-6-14(11(15)13-9)10-4-3-8(17-10)7-16-2/h5-6,8,10H,3-4,7H2,1-2H3,(H,12,13,15)/t8-,10?/m0/s1. The highest BCUT2D eigenvalue weighted by Crippen LogP contribution is 2.27. The van der Waals surface area contributed by atoms with Gasteiger partial charge in [-0.1, -0.05) is 0 Å². The van der Waals surface area contributed by atoms with Gasteiger partial charge in [-0.15, -0.1) is 0 Å². The summed E-state index contributed by atoms with van der Waals surface area (Å²) in [6.07, 6.45) is 3.27. The molecule has 1 aromatic heterocycles. The van der Waals surface area contributed by atoms with Crippen LogP contribution < -0.4 is 11.0 Å². The second kappa shape index (κ2) is 5.29. The highest BCUT2D eigenvalue weighted by atomic mass is 16.5. The van der Waals surface area contributed by atoms with Crippen LogP contribution in [-0.2, 0) is 9.47 Å². The predicted molar refractivity (Wildman–Crippen MR) is 63.1 cm³/mol. The van der Waals surface area contributed by atoms with E-state index in [1.807, 2.05) is 0 Å². The topological polar surface area (TPSA) is 65.4 Å². The van der Waals surface area contributed by atoms with E-state index in [0.717, 1.165) is 12.8 Å². The zero-order valence-electron chi connectivity index (χ0n) is 10.0. The molecule has 1 N–H and O–H groups in total. The lowest BCUT2D eigenvalue weighted by atomic mass is 10.2. The third kappa shape index (κ3) is 2.65. The molecule has 1 aliphatic heterocycles. The minimum Gasteiger partial charge on any atom is -0.382 e. The van der Waals surface area contributed by atoms with Crippen molar-refractivity contribution in [1.82, 2.24) is 9.55 Å². The summed E-state index contributed by atoms with van der Waals surface area (Å²) in [4.78, 5) is 15.6. The molecular weight excluding hydrogens is 222 g/mol. The van der Waals surface area contributed by atoms with Crippen LogP contribution in [0.15, 0.2) is 17.1 Å². The molecule has 2 rings (SSSR count). The fourth-order valence-electron chi connectivity index (χ4n) is 1.97. The molecule has 0 aromatic carbocycles. The molecule has 0 spiro atoms. The van der Waals surface area contributed by atoms with Gasteiger partial charge in [0.15, 0.2) is 0 Å². The molecule has 1 unspecified atom stereocenters. The first kappa shape index (κ1) is 12.1. The Bertz CT molecular complexity index is 432. The van der Waals surface area contributed by atoms with E-state index in [2.05, 4.69) is 10.3 Å². The molecule has 0 bridgehead atoms. The number of nitrogens with one attached hydrogen (secondary N) is 1. The van der Waals surface area contributed by atoms with E-state index in [9.17, 15) is 4.79 Å². The molecule has 1 aliphatic rings. The minimum absolute atomic E-state index is 0.0703. The van der Waals surface area contributed by atoms with Crippen LogP contribution in [0.4, 0.5) is 5.82 Å². The molecule has 1 fully saturated rings. The van der Waals surface area contributed by atoms with Crippen LogP contribution in [0.3, 0.4) is 0 Å². The first-order valence-electron chi connectivity index (χ1n) is 5.66. The van der Waals surface area contributed by atoms with Crippen molar-refractivity contribution in [3.05, 3.63) is 22.7 Å². The van der Waals surface area contributed by atoms with E-state index in [0.29, 0.717) is 12.4 Å². The maximum Gasteiger partial charge on any atom is 0.351 e. The molecular formula is C11H17N3O3. The van der Waals surface area contributed by atoms with Crippen LogP contribution in [0.5, 0.6) is 0 Å². The maximum atomic E-state index is 11.8. The van der Waals surface area contributed by atoms with Crippen molar-refractivity contribution < 1.29 is 9.47 Å². The highest BCUT2D eigenvalue weighted by Gasteiger charge is 2.27. The third-order valence-corrected chi connectivity index (χ3v) is 2.83. The van der Waals surface area contributed by atoms with Crippen molar-refractivity contribution in [2.75, 3.05) is 26.1 Å². The van der Waals surface area contributed by atoms with Crippen molar-refractivity contribution in [2.24, 2.45) is 0 Å². The summed E-state index contributed by atoms with van der Waals surface area (Å²) in [7, 11) is 3.37. The van der Waals surface area contributed by atoms with Crippen LogP contribution in [0.1, 0.15) is 19.1 Å². The van der Waals surface area contributed by atoms with E-state index < -0.39 is 0 Å². The fourth-order valence-corrected chi connectivity index (χ4v) is 1.97. The van der Waals surface area contributed by atoms with Gasteiger partial charge >= 0.3 is 5.69 Å². The number of rotatable bonds is 4. The van der Waals surface area contributed by atoms with Crippen LogP contribution in [0.2, 0.25) is 0 Å². The Morgan fingerprint density at radius 1 is 1.65 bits per heavy atom. The maximum absolute atomic E-state index is 11.8. The molecule has 1 saturated heterocycles. The van der Waals surface area contributed by atoms with Crippen LogP contribution in [0.25, 0.3) is 0 Å². The summed E-state index contributed by atoms with van der Waals surface area (Å²) in [5, 5.41) is 2.83. The van der Waals surface area contributed by atoms with Gasteiger partial charge < -0.3 is 14.8 Å². The Hall–Kier alpha value is -1.40. The Labute approximate surface area is 99.6 Å². The lowest BCUT2D eigenvalue weighted by molar-refractivity contribution is -0.0334. The van der Waals surface area contributed by atoms with Gasteiger partial charge in [0, 0.05) is 20.4 Å². The smallest absolute Gasteiger partial charge is 0.351 e. The Morgan fingerprint density at radius 2 is 2.47 bits per heavy atom. The van der Waals surface area contributed by atoms with Gasteiger partial charge in [-0.2, -0.15) is 4.98 Å². The van der Waals surface area contributed by atoms with Crippen LogP contribution in [-0.4, -0.2) is 36.4 Å². The minimum atomic E-state index is -0.292. The molecule has 1 aromatic rings. The molecule has 6 nitrogen and oxygen atoms in total. The van der Waals surface area contributed by atoms with Gasteiger partial charge in [0.25, 0.3) is 0 Å². The van der Waals surface area contributed by atoms with Gasteiger partial charge in [0.05, 0.1) is 12.7 Å². The number of anilines is 1. The third-order valence-electron chi connectivity index (χ3n) is 2.83. The number of methoxy groups -OCH3 is 1. The largest absolute Gasteiger partial charge is 0.382 e. The Balaban J connectivity index is 2.11. The number of ether oxygens (including phenoxy) is 2. The average Bonchev–Trinajstić information content (AvgIpc) is 2.78. The van der Waals surface area contributed by atoms with Crippen molar-refractivity contribution >= 4 is 5.82 Å². The van der Waals surface area contributed by atoms with Crippen molar-refractivity contribution in [3.8, 4) is 0 Å². The monoisotopic (exact) mass is 239 g/mol. The van der Waals surface area contributed by atoms with Gasteiger partial charge in [0.2, 0.25) is 0 Å². The average molecular weight is 239 g/mol. The highest BCUT2D eigenvalue weighted by molar-refractivity contribution is 5.30. The number of hydrogen-bond acceptors (Lipinski definition) is 5. The van der Waals surface area contributed by atoms with E-state index in [1.165, 1.54) is 4.57 Å². The molecule has 0 saturated carbocycles. The lowest BCUT2D eigenvalue weighted by Crippen LogP contribution is -2.27. The number of aromatic nitrogens is 2. The van der Waals surface area contributed by atoms with Gasteiger partial charge in [-0.05, 0) is 18.9 Å². The van der Waals surface area contributed by atoms with E-state index in [4.69, 9.17) is 9.47 Å². The SMILES string of the molecule is CNc1ccn(C2CC[C@@H](COC)O2)c(=O)n1. The zero-order valence-corrected chi connectivity index (χ0v) is 10.0. The van der Waals surface area contributed by atoms with E-state index >= 15 is 0 Å². The summed E-state index contributed by atoms with van der Waals surface area (Å²) < 4.78 is 12.3. The first-order valence-corrected chi connectivity index (χ1v) is 5.66. The van der Waals surface area contributed by atoms with Gasteiger partial charge in [0.1, 0.15) is 12.0 Å².